The molecule has 1 aliphatic rings. The van der Waals surface area contributed by atoms with Gasteiger partial charge in [0.15, 0.2) is 5.75 Å². The van der Waals surface area contributed by atoms with Crippen molar-refractivity contribution in [2.45, 2.75) is 44.7 Å². The lowest BCUT2D eigenvalue weighted by Crippen LogP contribution is -2.15. The van der Waals surface area contributed by atoms with E-state index in [1.807, 2.05) is 0 Å². The third-order valence-corrected chi connectivity index (χ3v) is 3.45. The fourth-order valence-corrected chi connectivity index (χ4v) is 2.06. The predicted octanol–water partition coefficient (Wildman–Crippen LogP) is 2.39. The van der Waals surface area contributed by atoms with E-state index in [1.54, 1.807) is 12.1 Å². The first kappa shape index (κ1) is 15.7. The summed E-state index contributed by atoms with van der Waals surface area (Å²) in [5.41, 5.74) is 1.00. The topological polar surface area (TPSA) is 84.6 Å². The molecule has 1 saturated carbocycles. The van der Waals surface area contributed by atoms with Crippen LogP contribution >= 0.6 is 0 Å². The van der Waals surface area contributed by atoms with Gasteiger partial charge in [0.05, 0.1) is 11.5 Å². The van der Waals surface area contributed by atoms with Gasteiger partial charge in [0, 0.05) is 25.3 Å². The van der Waals surface area contributed by atoms with Crippen molar-refractivity contribution < 1.29 is 14.8 Å². The second-order valence-corrected chi connectivity index (χ2v) is 5.35. The fraction of sp³-hybridized carbons (Fsp3) is 0.600. The zero-order valence-electron chi connectivity index (χ0n) is 12.1. The molecule has 0 bridgehead atoms. The molecule has 116 valence electrons. The van der Waals surface area contributed by atoms with Crippen LogP contribution in [0.15, 0.2) is 18.2 Å². The third-order valence-electron chi connectivity index (χ3n) is 3.45. The number of benzene rings is 1. The summed E-state index contributed by atoms with van der Waals surface area (Å²) in [6, 6.07) is 5.63. The lowest BCUT2D eigenvalue weighted by molar-refractivity contribution is -0.385. The number of nitro benzene ring substituents is 1. The van der Waals surface area contributed by atoms with Crippen LogP contribution in [0.4, 0.5) is 5.69 Å². The van der Waals surface area contributed by atoms with E-state index in [4.69, 9.17) is 9.84 Å². The van der Waals surface area contributed by atoms with Crippen LogP contribution in [0.3, 0.4) is 0 Å². The molecule has 0 aromatic heterocycles. The zero-order chi connectivity index (χ0) is 15.1. The Bertz CT molecular complexity index is 475. The number of nitro groups is 1. The Kier molecular flexibility index (Phi) is 5.95. The minimum Gasteiger partial charge on any atom is -0.487 e. The largest absolute Gasteiger partial charge is 0.487 e. The monoisotopic (exact) mass is 294 g/mol. The van der Waals surface area contributed by atoms with Crippen molar-refractivity contribution in [1.29, 1.82) is 0 Å². The van der Waals surface area contributed by atoms with Crippen LogP contribution < -0.4 is 10.1 Å². The highest BCUT2D eigenvalue weighted by Gasteiger charge is 2.21. The molecule has 0 heterocycles. The minimum atomic E-state index is -0.416. The van der Waals surface area contributed by atoms with E-state index in [9.17, 15) is 10.1 Å². The van der Waals surface area contributed by atoms with E-state index in [0.717, 1.165) is 24.8 Å². The van der Waals surface area contributed by atoms with Gasteiger partial charge in [0.25, 0.3) is 0 Å². The van der Waals surface area contributed by atoms with Gasteiger partial charge in [0.2, 0.25) is 0 Å². The highest BCUT2D eigenvalue weighted by molar-refractivity contribution is 5.48. The minimum absolute atomic E-state index is 0.00679. The van der Waals surface area contributed by atoms with Crippen molar-refractivity contribution in [2.24, 2.45) is 0 Å². The SMILES string of the molecule is O=[N+]([O-])c1ccc(CNC2CC2)cc1OCCCCCO. The normalized spacial score (nSPS) is 14.1. The maximum absolute atomic E-state index is 11.0. The smallest absolute Gasteiger partial charge is 0.310 e. The summed E-state index contributed by atoms with van der Waals surface area (Å²) in [5.74, 6) is 0.332. The Morgan fingerprint density at radius 1 is 1.33 bits per heavy atom. The van der Waals surface area contributed by atoms with Gasteiger partial charge >= 0.3 is 5.69 Å². The first-order valence-electron chi connectivity index (χ1n) is 7.45. The number of rotatable bonds is 10. The first-order valence-corrected chi connectivity index (χ1v) is 7.45. The number of nitrogens with one attached hydrogen (secondary N) is 1. The number of ether oxygens (including phenoxy) is 1. The lowest BCUT2D eigenvalue weighted by atomic mass is 10.2. The van der Waals surface area contributed by atoms with E-state index < -0.39 is 4.92 Å². The van der Waals surface area contributed by atoms with E-state index in [1.165, 1.54) is 18.9 Å². The van der Waals surface area contributed by atoms with Crippen molar-refractivity contribution in [3.05, 3.63) is 33.9 Å². The van der Waals surface area contributed by atoms with Crippen LogP contribution in [-0.2, 0) is 6.54 Å². The highest BCUT2D eigenvalue weighted by atomic mass is 16.6. The molecule has 1 aliphatic carbocycles. The molecule has 1 fully saturated rings. The van der Waals surface area contributed by atoms with Crippen LogP contribution in [0.1, 0.15) is 37.7 Å². The van der Waals surface area contributed by atoms with Gasteiger partial charge in [-0.05, 0) is 43.7 Å². The number of aliphatic hydroxyl groups is 1. The van der Waals surface area contributed by atoms with Crippen LogP contribution in [0.2, 0.25) is 0 Å². The average Bonchev–Trinajstić information content (AvgIpc) is 3.29. The second-order valence-electron chi connectivity index (χ2n) is 5.35. The van der Waals surface area contributed by atoms with Gasteiger partial charge in [0.1, 0.15) is 0 Å². The highest BCUT2D eigenvalue weighted by Crippen LogP contribution is 2.29. The molecule has 0 unspecified atom stereocenters. The van der Waals surface area contributed by atoms with Gasteiger partial charge in [-0.2, -0.15) is 0 Å². The molecular formula is C15H22N2O4. The molecule has 0 radical (unpaired) electrons. The van der Waals surface area contributed by atoms with Crippen molar-refractivity contribution >= 4 is 5.69 Å². The van der Waals surface area contributed by atoms with E-state index in [2.05, 4.69) is 5.32 Å². The molecule has 6 nitrogen and oxygen atoms in total. The summed E-state index contributed by atoms with van der Waals surface area (Å²) in [4.78, 5) is 10.6. The number of unbranched alkanes of at least 4 members (excludes halogenated alkanes) is 2. The summed E-state index contributed by atoms with van der Waals surface area (Å²) >= 11 is 0. The quantitative estimate of drug-likeness (QED) is 0.393. The van der Waals surface area contributed by atoms with Gasteiger partial charge in [-0.1, -0.05) is 6.07 Å². The Morgan fingerprint density at radius 3 is 2.81 bits per heavy atom. The van der Waals surface area contributed by atoms with Gasteiger partial charge in [-0.15, -0.1) is 0 Å². The van der Waals surface area contributed by atoms with Crippen molar-refractivity contribution in [2.75, 3.05) is 13.2 Å². The van der Waals surface area contributed by atoms with Gasteiger partial charge in [-0.3, -0.25) is 10.1 Å². The van der Waals surface area contributed by atoms with Gasteiger partial charge in [-0.25, -0.2) is 0 Å². The number of nitrogens with zero attached hydrogens (tertiary/aromatic N) is 1. The Morgan fingerprint density at radius 2 is 2.14 bits per heavy atom. The molecule has 0 atom stereocenters. The molecular weight excluding hydrogens is 272 g/mol. The maximum atomic E-state index is 11.0. The Balaban J connectivity index is 1.92. The van der Waals surface area contributed by atoms with Crippen molar-refractivity contribution in [3.63, 3.8) is 0 Å². The molecule has 21 heavy (non-hydrogen) atoms. The number of aliphatic hydroxyl groups excluding tert-OH is 1. The number of hydrogen-bond donors (Lipinski definition) is 2. The summed E-state index contributed by atoms with van der Waals surface area (Å²) in [6.45, 7) is 1.31. The maximum Gasteiger partial charge on any atom is 0.310 e. The van der Waals surface area contributed by atoms with E-state index in [-0.39, 0.29) is 12.3 Å². The molecule has 1 aromatic carbocycles. The summed E-state index contributed by atoms with van der Waals surface area (Å²) in [7, 11) is 0. The van der Waals surface area contributed by atoms with Crippen LogP contribution in [-0.4, -0.2) is 29.3 Å². The number of hydrogen-bond acceptors (Lipinski definition) is 5. The molecule has 0 amide bonds. The standard InChI is InChI=1S/C15H22N2O4/c18-8-2-1-3-9-21-15-10-12(11-16-13-5-6-13)4-7-14(15)17(19)20/h4,7,10,13,16,18H,1-3,5-6,8-9,11H2. The fourth-order valence-electron chi connectivity index (χ4n) is 2.06. The van der Waals surface area contributed by atoms with Gasteiger partial charge < -0.3 is 15.2 Å². The van der Waals surface area contributed by atoms with E-state index >= 15 is 0 Å². The molecule has 0 aliphatic heterocycles. The van der Waals surface area contributed by atoms with Crippen LogP contribution in [0.5, 0.6) is 5.75 Å². The van der Waals surface area contributed by atoms with Crippen molar-refractivity contribution in [3.8, 4) is 5.75 Å². The summed E-state index contributed by atoms with van der Waals surface area (Å²) in [6.07, 6.45) is 4.79. The first-order chi connectivity index (χ1) is 10.2. The van der Waals surface area contributed by atoms with Crippen molar-refractivity contribution in [1.82, 2.24) is 5.32 Å². The molecule has 1 aromatic rings. The van der Waals surface area contributed by atoms with Crippen LogP contribution in [0, 0.1) is 10.1 Å². The lowest BCUT2D eigenvalue weighted by Gasteiger charge is -2.09. The predicted molar refractivity (Wildman–Crippen MR) is 79.4 cm³/mol. The summed E-state index contributed by atoms with van der Waals surface area (Å²) < 4.78 is 5.56. The molecule has 2 N–H and O–H groups in total. The van der Waals surface area contributed by atoms with E-state index in [0.29, 0.717) is 24.9 Å². The average molecular weight is 294 g/mol. The molecule has 6 heteroatoms. The zero-order valence-corrected chi connectivity index (χ0v) is 12.1. The Labute approximate surface area is 124 Å². The molecule has 2 rings (SSSR count). The summed E-state index contributed by atoms with van der Waals surface area (Å²) in [5, 5.41) is 23.1. The second kappa shape index (κ2) is 7.95. The van der Waals surface area contributed by atoms with Crippen LogP contribution in [0.25, 0.3) is 0 Å². The third kappa shape index (κ3) is 5.32. The Hall–Kier alpha value is -1.66. The molecule has 0 saturated heterocycles. The molecule has 0 spiro atoms.